The summed E-state index contributed by atoms with van der Waals surface area (Å²) in [5, 5.41) is 3.88. The molecule has 0 aromatic carbocycles. The molecule has 118 valence electrons. The van der Waals surface area contributed by atoms with Crippen LogP contribution < -0.4 is 4.90 Å². The number of carbonyl (C=O) groups excluding carboxylic acids is 1. The first-order chi connectivity index (χ1) is 10.5. The van der Waals surface area contributed by atoms with E-state index in [2.05, 4.69) is 22.0 Å². The van der Waals surface area contributed by atoms with Gasteiger partial charge in [-0.25, -0.2) is 4.98 Å². The van der Waals surface area contributed by atoms with Gasteiger partial charge in [0.05, 0.1) is 12.1 Å². The lowest BCUT2D eigenvalue weighted by Crippen LogP contribution is -2.26. The average molecular weight is 303 g/mol. The first-order valence-corrected chi connectivity index (χ1v) is 7.21. The second-order valence-corrected chi connectivity index (χ2v) is 5.32. The van der Waals surface area contributed by atoms with Crippen molar-refractivity contribution in [3.8, 4) is 0 Å². The van der Waals surface area contributed by atoms with Gasteiger partial charge in [0.2, 0.25) is 5.89 Å². The maximum atomic E-state index is 12.3. The molecule has 2 heterocycles. The van der Waals surface area contributed by atoms with Crippen LogP contribution >= 0.6 is 0 Å². The molecule has 0 saturated carbocycles. The molecule has 0 aliphatic heterocycles. The molecule has 2 aromatic heterocycles. The van der Waals surface area contributed by atoms with Crippen molar-refractivity contribution in [2.75, 3.05) is 26.0 Å². The predicted molar refractivity (Wildman–Crippen MR) is 82.7 cm³/mol. The van der Waals surface area contributed by atoms with Crippen LogP contribution in [0.1, 0.15) is 35.4 Å². The topological polar surface area (TPSA) is 75.4 Å². The molecule has 7 heteroatoms. The van der Waals surface area contributed by atoms with E-state index in [0.717, 1.165) is 18.7 Å². The molecule has 2 aromatic rings. The SMILES string of the molecule is CCCc1noc(CN(C)C(=O)c2ccc(N(C)C)nc2)n1. The number of aromatic nitrogens is 3. The number of anilines is 1. The number of aryl methyl sites for hydroxylation is 1. The van der Waals surface area contributed by atoms with Crippen molar-refractivity contribution in [1.82, 2.24) is 20.0 Å². The minimum atomic E-state index is -0.131. The van der Waals surface area contributed by atoms with Crippen LogP contribution in [-0.4, -0.2) is 47.1 Å². The van der Waals surface area contributed by atoms with Crippen molar-refractivity contribution in [1.29, 1.82) is 0 Å². The van der Waals surface area contributed by atoms with E-state index in [0.29, 0.717) is 17.3 Å². The number of nitrogens with zero attached hydrogens (tertiary/aromatic N) is 5. The van der Waals surface area contributed by atoms with Crippen LogP contribution in [-0.2, 0) is 13.0 Å². The lowest BCUT2D eigenvalue weighted by molar-refractivity contribution is 0.0769. The number of pyridine rings is 1. The fraction of sp³-hybridized carbons (Fsp3) is 0.467. The highest BCUT2D eigenvalue weighted by molar-refractivity contribution is 5.93. The van der Waals surface area contributed by atoms with Gasteiger partial charge in [-0.3, -0.25) is 4.79 Å². The molecule has 0 radical (unpaired) electrons. The van der Waals surface area contributed by atoms with Crippen molar-refractivity contribution in [2.24, 2.45) is 0 Å². The van der Waals surface area contributed by atoms with E-state index in [9.17, 15) is 4.79 Å². The molecule has 1 amide bonds. The van der Waals surface area contributed by atoms with E-state index < -0.39 is 0 Å². The fourth-order valence-electron chi connectivity index (χ4n) is 1.95. The first-order valence-electron chi connectivity index (χ1n) is 7.21. The van der Waals surface area contributed by atoms with Crippen LogP contribution in [0, 0.1) is 0 Å². The highest BCUT2D eigenvalue weighted by Gasteiger charge is 2.16. The molecule has 0 unspecified atom stereocenters. The maximum Gasteiger partial charge on any atom is 0.255 e. The van der Waals surface area contributed by atoms with Gasteiger partial charge in [-0.15, -0.1) is 0 Å². The van der Waals surface area contributed by atoms with Crippen molar-refractivity contribution >= 4 is 11.7 Å². The van der Waals surface area contributed by atoms with Crippen LogP contribution in [0.25, 0.3) is 0 Å². The van der Waals surface area contributed by atoms with Gasteiger partial charge in [0.25, 0.3) is 5.91 Å². The third kappa shape index (κ3) is 3.81. The Kier molecular flexibility index (Phi) is 5.08. The Morgan fingerprint density at radius 1 is 1.27 bits per heavy atom. The van der Waals surface area contributed by atoms with E-state index in [1.54, 1.807) is 19.3 Å². The molecule has 0 fully saturated rings. The minimum Gasteiger partial charge on any atom is -0.363 e. The lowest BCUT2D eigenvalue weighted by Gasteiger charge is -2.15. The maximum absolute atomic E-state index is 12.3. The van der Waals surface area contributed by atoms with Gasteiger partial charge < -0.3 is 14.3 Å². The molecule has 0 spiro atoms. The Morgan fingerprint density at radius 3 is 2.64 bits per heavy atom. The highest BCUT2D eigenvalue weighted by Crippen LogP contribution is 2.11. The molecule has 22 heavy (non-hydrogen) atoms. The summed E-state index contributed by atoms with van der Waals surface area (Å²) in [6.07, 6.45) is 3.30. The summed E-state index contributed by atoms with van der Waals surface area (Å²) in [4.78, 5) is 24.3. The standard InChI is InChI=1S/C15H21N5O2/c1-5-6-12-17-14(22-18-12)10-20(4)15(21)11-7-8-13(16-9-11)19(2)3/h7-9H,5-6,10H2,1-4H3. The Bertz CT molecular complexity index is 621. The second-order valence-electron chi connectivity index (χ2n) is 5.32. The largest absolute Gasteiger partial charge is 0.363 e. The molecule has 0 aliphatic rings. The van der Waals surface area contributed by atoms with Crippen LogP contribution in [0.3, 0.4) is 0 Å². The molecule has 0 bridgehead atoms. The van der Waals surface area contributed by atoms with Gasteiger partial charge in [0, 0.05) is 33.8 Å². The molecule has 2 rings (SSSR count). The predicted octanol–water partition coefficient (Wildman–Crippen LogP) is 1.76. The zero-order valence-corrected chi connectivity index (χ0v) is 13.4. The Morgan fingerprint density at radius 2 is 2.05 bits per heavy atom. The van der Waals surface area contributed by atoms with Gasteiger partial charge in [-0.05, 0) is 18.6 Å². The quantitative estimate of drug-likeness (QED) is 0.809. The van der Waals surface area contributed by atoms with E-state index in [4.69, 9.17) is 4.52 Å². The average Bonchev–Trinajstić information content (AvgIpc) is 2.94. The first kappa shape index (κ1) is 15.9. The number of amides is 1. The molecule has 0 aliphatic carbocycles. The summed E-state index contributed by atoms with van der Waals surface area (Å²) >= 11 is 0. The molecule has 0 N–H and O–H groups in total. The lowest BCUT2D eigenvalue weighted by atomic mass is 10.2. The molecule has 0 saturated heterocycles. The zero-order valence-electron chi connectivity index (χ0n) is 13.4. The summed E-state index contributed by atoms with van der Waals surface area (Å²) in [6, 6.07) is 3.57. The van der Waals surface area contributed by atoms with Gasteiger partial charge in [0.15, 0.2) is 5.82 Å². The van der Waals surface area contributed by atoms with E-state index in [1.807, 2.05) is 25.1 Å². The Labute approximate surface area is 129 Å². The molecular weight excluding hydrogens is 282 g/mol. The van der Waals surface area contributed by atoms with E-state index >= 15 is 0 Å². The van der Waals surface area contributed by atoms with Gasteiger partial charge in [-0.1, -0.05) is 12.1 Å². The highest BCUT2D eigenvalue weighted by atomic mass is 16.5. The monoisotopic (exact) mass is 303 g/mol. The van der Waals surface area contributed by atoms with Gasteiger partial charge in [0.1, 0.15) is 5.82 Å². The smallest absolute Gasteiger partial charge is 0.255 e. The third-order valence-corrected chi connectivity index (χ3v) is 3.16. The Balaban J connectivity index is 2.01. The zero-order chi connectivity index (χ0) is 16.1. The number of rotatable bonds is 6. The van der Waals surface area contributed by atoms with E-state index in [1.165, 1.54) is 4.90 Å². The van der Waals surface area contributed by atoms with Gasteiger partial charge >= 0.3 is 0 Å². The van der Waals surface area contributed by atoms with Crippen molar-refractivity contribution < 1.29 is 9.32 Å². The normalized spacial score (nSPS) is 10.5. The minimum absolute atomic E-state index is 0.131. The summed E-state index contributed by atoms with van der Waals surface area (Å²) in [5.74, 6) is 1.79. The number of hydrogen-bond acceptors (Lipinski definition) is 6. The Hall–Kier alpha value is -2.44. The summed E-state index contributed by atoms with van der Waals surface area (Å²) in [5.41, 5.74) is 0.529. The summed E-state index contributed by atoms with van der Waals surface area (Å²) in [7, 11) is 5.50. The molecular formula is C15H21N5O2. The van der Waals surface area contributed by atoms with E-state index in [-0.39, 0.29) is 12.5 Å². The number of carbonyl (C=O) groups is 1. The van der Waals surface area contributed by atoms with Crippen molar-refractivity contribution in [2.45, 2.75) is 26.3 Å². The van der Waals surface area contributed by atoms with Crippen LogP contribution in [0.15, 0.2) is 22.9 Å². The summed E-state index contributed by atoms with van der Waals surface area (Å²) in [6.45, 7) is 2.33. The fourth-order valence-corrected chi connectivity index (χ4v) is 1.95. The number of hydrogen-bond donors (Lipinski definition) is 0. The summed E-state index contributed by atoms with van der Waals surface area (Å²) < 4.78 is 5.15. The van der Waals surface area contributed by atoms with Crippen LogP contribution in [0.2, 0.25) is 0 Å². The van der Waals surface area contributed by atoms with Crippen molar-refractivity contribution in [3.63, 3.8) is 0 Å². The van der Waals surface area contributed by atoms with Crippen LogP contribution in [0.4, 0.5) is 5.82 Å². The van der Waals surface area contributed by atoms with Crippen molar-refractivity contribution in [3.05, 3.63) is 35.6 Å². The van der Waals surface area contributed by atoms with Crippen LogP contribution in [0.5, 0.6) is 0 Å². The second kappa shape index (κ2) is 7.02. The molecule has 0 atom stereocenters. The third-order valence-electron chi connectivity index (χ3n) is 3.16. The molecule has 7 nitrogen and oxygen atoms in total. The van der Waals surface area contributed by atoms with Gasteiger partial charge in [-0.2, -0.15) is 4.98 Å².